The molecule has 2 heterocycles. The smallest absolute Gasteiger partial charge is 0.191 e. The summed E-state index contributed by atoms with van der Waals surface area (Å²) < 4.78 is 1.95. The van der Waals surface area contributed by atoms with Gasteiger partial charge in [-0.25, -0.2) is 9.98 Å². The van der Waals surface area contributed by atoms with Crippen molar-refractivity contribution in [1.29, 1.82) is 0 Å². The number of thiazole rings is 1. The standard InChI is InChI=1S/C18H23N7S.HI/c1-4-19-18(20-10-16-13(2)23-14(3)26-16)21-11-17-24-22-12-25(17)15-8-6-5-7-9-15;/h5-9,12H,4,10-11H2,1-3H3,(H2,19,20,21);1H. The van der Waals surface area contributed by atoms with E-state index in [9.17, 15) is 0 Å². The molecule has 3 rings (SSSR count). The van der Waals surface area contributed by atoms with Gasteiger partial charge in [-0.3, -0.25) is 4.57 Å². The lowest BCUT2D eigenvalue weighted by molar-refractivity contribution is 0.795. The average molecular weight is 497 g/mol. The second-order valence-corrected chi connectivity index (χ2v) is 7.03. The molecule has 0 atom stereocenters. The van der Waals surface area contributed by atoms with Crippen LogP contribution in [0, 0.1) is 13.8 Å². The lowest BCUT2D eigenvalue weighted by Crippen LogP contribution is -2.36. The van der Waals surface area contributed by atoms with Gasteiger partial charge in [0.25, 0.3) is 0 Å². The summed E-state index contributed by atoms with van der Waals surface area (Å²) in [6.07, 6.45) is 1.71. The number of para-hydroxylation sites is 1. The summed E-state index contributed by atoms with van der Waals surface area (Å²) in [4.78, 5) is 10.3. The minimum Gasteiger partial charge on any atom is -0.357 e. The molecule has 0 saturated heterocycles. The van der Waals surface area contributed by atoms with Crippen LogP contribution in [0.25, 0.3) is 5.69 Å². The molecule has 0 amide bonds. The fraction of sp³-hybridized carbons (Fsp3) is 0.333. The molecule has 0 bridgehead atoms. The number of nitrogens with zero attached hydrogens (tertiary/aromatic N) is 5. The monoisotopic (exact) mass is 497 g/mol. The molecule has 27 heavy (non-hydrogen) atoms. The van der Waals surface area contributed by atoms with Crippen molar-refractivity contribution < 1.29 is 0 Å². The summed E-state index contributed by atoms with van der Waals surface area (Å²) >= 11 is 1.71. The van der Waals surface area contributed by atoms with Crippen molar-refractivity contribution in [3.8, 4) is 5.69 Å². The van der Waals surface area contributed by atoms with Crippen molar-refractivity contribution in [2.24, 2.45) is 4.99 Å². The molecule has 0 spiro atoms. The van der Waals surface area contributed by atoms with Crippen molar-refractivity contribution in [3.05, 3.63) is 58.1 Å². The zero-order valence-electron chi connectivity index (χ0n) is 15.6. The Labute approximate surface area is 180 Å². The van der Waals surface area contributed by atoms with Crippen LogP contribution in [0.5, 0.6) is 0 Å². The van der Waals surface area contributed by atoms with Crippen molar-refractivity contribution in [2.75, 3.05) is 6.54 Å². The normalized spacial score (nSPS) is 11.1. The Morgan fingerprint density at radius 3 is 2.63 bits per heavy atom. The van der Waals surface area contributed by atoms with Gasteiger partial charge in [-0.2, -0.15) is 0 Å². The molecule has 3 aromatic rings. The Balaban J connectivity index is 0.00000261. The Hall–Kier alpha value is -2.01. The van der Waals surface area contributed by atoms with E-state index in [0.717, 1.165) is 34.7 Å². The number of benzene rings is 1. The number of aliphatic imine (C=N–C) groups is 1. The summed E-state index contributed by atoms with van der Waals surface area (Å²) in [6.45, 7) is 8.03. The van der Waals surface area contributed by atoms with Crippen LogP contribution in [0.2, 0.25) is 0 Å². The number of nitrogens with one attached hydrogen (secondary N) is 2. The van der Waals surface area contributed by atoms with E-state index in [-0.39, 0.29) is 24.0 Å². The summed E-state index contributed by atoms with van der Waals surface area (Å²) in [5, 5.41) is 15.9. The number of aryl methyl sites for hydroxylation is 2. The van der Waals surface area contributed by atoms with E-state index >= 15 is 0 Å². The third-order valence-corrected chi connectivity index (χ3v) is 4.86. The third kappa shape index (κ3) is 5.73. The van der Waals surface area contributed by atoms with Crippen LogP contribution in [0.1, 0.15) is 28.3 Å². The molecule has 0 aliphatic rings. The molecule has 0 aliphatic heterocycles. The first-order chi connectivity index (χ1) is 12.7. The maximum Gasteiger partial charge on any atom is 0.191 e. The van der Waals surface area contributed by atoms with Gasteiger partial charge in [0.2, 0.25) is 0 Å². The van der Waals surface area contributed by atoms with Gasteiger partial charge in [-0.15, -0.1) is 45.5 Å². The topological polar surface area (TPSA) is 80.0 Å². The van der Waals surface area contributed by atoms with Crippen LogP contribution in [0.4, 0.5) is 0 Å². The maximum atomic E-state index is 4.65. The van der Waals surface area contributed by atoms with Gasteiger partial charge in [-0.05, 0) is 32.9 Å². The molecule has 144 valence electrons. The number of hydrogen-bond acceptors (Lipinski definition) is 5. The predicted octanol–water partition coefficient (Wildman–Crippen LogP) is 3.21. The minimum absolute atomic E-state index is 0. The van der Waals surface area contributed by atoms with Gasteiger partial charge in [0.05, 0.1) is 17.2 Å². The Morgan fingerprint density at radius 2 is 1.96 bits per heavy atom. The second-order valence-electron chi connectivity index (χ2n) is 5.74. The maximum absolute atomic E-state index is 4.65. The van der Waals surface area contributed by atoms with E-state index in [1.807, 2.05) is 55.7 Å². The summed E-state index contributed by atoms with van der Waals surface area (Å²) in [5.74, 6) is 1.54. The lowest BCUT2D eigenvalue weighted by atomic mass is 10.3. The van der Waals surface area contributed by atoms with E-state index in [1.165, 1.54) is 4.88 Å². The molecular weight excluding hydrogens is 473 g/mol. The molecule has 9 heteroatoms. The van der Waals surface area contributed by atoms with E-state index in [0.29, 0.717) is 13.1 Å². The molecule has 0 aliphatic carbocycles. The molecule has 0 radical (unpaired) electrons. The molecule has 1 aromatic carbocycles. The Bertz CT molecular complexity index is 873. The van der Waals surface area contributed by atoms with Crippen molar-refractivity contribution >= 4 is 41.3 Å². The van der Waals surface area contributed by atoms with Gasteiger partial charge >= 0.3 is 0 Å². The minimum atomic E-state index is 0. The summed E-state index contributed by atoms with van der Waals surface area (Å²) in [7, 11) is 0. The summed E-state index contributed by atoms with van der Waals surface area (Å²) in [5.41, 5.74) is 2.09. The fourth-order valence-electron chi connectivity index (χ4n) is 2.56. The number of rotatable bonds is 6. The van der Waals surface area contributed by atoms with Gasteiger partial charge in [0, 0.05) is 17.1 Å². The second kappa shape index (κ2) is 10.4. The van der Waals surface area contributed by atoms with Crippen molar-refractivity contribution in [3.63, 3.8) is 0 Å². The largest absolute Gasteiger partial charge is 0.357 e. The van der Waals surface area contributed by atoms with Crippen LogP contribution >= 0.6 is 35.3 Å². The molecule has 2 aromatic heterocycles. The SMILES string of the molecule is CCNC(=NCc1nncn1-c1ccccc1)NCc1sc(C)nc1C.I. The quantitative estimate of drug-likeness (QED) is 0.311. The average Bonchev–Trinajstić information content (AvgIpc) is 3.24. The van der Waals surface area contributed by atoms with Gasteiger partial charge in [-0.1, -0.05) is 18.2 Å². The first-order valence-electron chi connectivity index (χ1n) is 8.56. The third-order valence-electron chi connectivity index (χ3n) is 3.79. The lowest BCUT2D eigenvalue weighted by Gasteiger charge is -2.11. The van der Waals surface area contributed by atoms with Crippen LogP contribution < -0.4 is 10.6 Å². The first-order valence-corrected chi connectivity index (χ1v) is 9.38. The molecule has 0 unspecified atom stereocenters. The van der Waals surface area contributed by atoms with E-state index in [2.05, 4.69) is 30.8 Å². The molecular formula is C18H24IN7S. The van der Waals surface area contributed by atoms with Crippen molar-refractivity contribution in [1.82, 2.24) is 30.4 Å². The number of hydrogen-bond donors (Lipinski definition) is 2. The van der Waals surface area contributed by atoms with E-state index in [1.54, 1.807) is 17.7 Å². The highest BCUT2D eigenvalue weighted by Crippen LogP contribution is 2.16. The van der Waals surface area contributed by atoms with E-state index < -0.39 is 0 Å². The zero-order valence-corrected chi connectivity index (χ0v) is 18.8. The van der Waals surface area contributed by atoms with Crippen LogP contribution in [0.3, 0.4) is 0 Å². The van der Waals surface area contributed by atoms with Gasteiger partial charge < -0.3 is 10.6 Å². The first kappa shape index (κ1) is 21.3. The van der Waals surface area contributed by atoms with Crippen LogP contribution in [0.15, 0.2) is 41.7 Å². The molecule has 7 nitrogen and oxygen atoms in total. The Morgan fingerprint density at radius 1 is 1.19 bits per heavy atom. The highest BCUT2D eigenvalue weighted by Gasteiger charge is 2.08. The zero-order chi connectivity index (χ0) is 18.4. The number of guanidine groups is 1. The highest BCUT2D eigenvalue weighted by atomic mass is 127. The highest BCUT2D eigenvalue weighted by molar-refractivity contribution is 14.0. The Kier molecular flexibility index (Phi) is 8.17. The summed E-state index contributed by atoms with van der Waals surface area (Å²) in [6, 6.07) is 10.0. The van der Waals surface area contributed by atoms with Crippen molar-refractivity contribution in [2.45, 2.75) is 33.9 Å². The van der Waals surface area contributed by atoms with Gasteiger partial charge in [0.15, 0.2) is 11.8 Å². The predicted molar refractivity (Wildman–Crippen MR) is 120 cm³/mol. The van der Waals surface area contributed by atoms with Gasteiger partial charge in [0.1, 0.15) is 12.9 Å². The number of halogens is 1. The molecule has 0 fully saturated rings. The number of aromatic nitrogens is 4. The van der Waals surface area contributed by atoms with E-state index in [4.69, 9.17) is 0 Å². The fourth-order valence-corrected chi connectivity index (χ4v) is 3.44. The van der Waals surface area contributed by atoms with Crippen LogP contribution in [-0.2, 0) is 13.1 Å². The molecule has 2 N–H and O–H groups in total. The van der Waals surface area contributed by atoms with Crippen LogP contribution in [-0.4, -0.2) is 32.3 Å². The molecule has 0 saturated carbocycles.